The molecule has 9 heteroatoms. The van der Waals surface area contributed by atoms with Crippen molar-refractivity contribution >= 4 is 34.3 Å². The average Bonchev–Trinajstić information content (AvgIpc) is 3.66. The average molecular weight is 471 g/mol. The standard InChI is InChI=1S/C26H21N3O6/c30-24(29-21(23-8-4-12-34-23)14-20(28-29)22-7-3-11-33-22)16-35-25(31)15-27-26(32)19-10-9-17-5-1-2-6-18(17)13-19/h1-13,21H,14-16H2,(H,27,32). The molecule has 2 aromatic heterocycles. The number of nitrogens with zero attached hydrogens (tertiary/aromatic N) is 2. The van der Waals surface area contributed by atoms with Crippen molar-refractivity contribution < 1.29 is 28.0 Å². The van der Waals surface area contributed by atoms with Gasteiger partial charge < -0.3 is 18.9 Å². The Bertz CT molecular complexity index is 1390. The number of hydrogen-bond acceptors (Lipinski definition) is 7. The Balaban J connectivity index is 1.17. The van der Waals surface area contributed by atoms with E-state index in [1.165, 1.54) is 17.5 Å². The first kappa shape index (κ1) is 22.1. The zero-order valence-electron chi connectivity index (χ0n) is 18.5. The second-order valence-corrected chi connectivity index (χ2v) is 7.90. The maximum absolute atomic E-state index is 12.8. The summed E-state index contributed by atoms with van der Waals surface area (Å²) in [5.41, 5.74) is 1.00. The predicted octanol–water partition coefficient (Wildman–Crippen LogP) is 3.68. The van der Waals surface area contributed by atoms with Crippen LogP contribution in [0.3, 0.4) is 0 Å². The summed E-state index contributed by atoms with van der Waals surface area (Å²) in [6.45, 7) is -0.904. The van der Waals surface area contributed by atoms with Crippen LogP contribution in [0.15, 0.2) is 93.2 Å². The fourth-order valence-corrected chi connectivity index (χ4v) is 3.88. The number of rotatable bonds is 7. The van der Waals surface area contributed by atoms with Gasteiger partial charge in [0.2, 0.25) is 0 Å². The highest BCUT2D eigenvalue weighted by Gasteiger charge is 2.36. The molecule has 0 saturated heterocycles. The van der Waals surface area contributed by atoms with Crippen LogP contribution in [0.4, 0.5) is 0 Å². The summed E-state index contributed by atoms with van der Waals surface area (Å²) in [6.07, 6.45) is 3.43. The van der Waals surface area contributed by atoms with Gasteiger partial charge >= 0.3 is 5.97 Å². The number of esters is 1. The van der Waals surface area contributed by atoms with Gasteiger partial charge in [0.1, 0.15) is 29.8 Å². The summed E-state index contributed by atoms with van der Waals surface area (Å²) >= 11 is 0. The molecule has 1 unspecified atom stereocenters. The van der Waals surface area contributed by atoms with Crippen molar-refractivity contribution in [3.63, 3.8) is 0 Å². The first-order chi connectivity index (χ1) is 17.1. The Morgan fingerprint density at radius 2 is 1.77 bits per heavy atom. The van der Waals surface area contributed by atoms with Gasteiger partial charge in [0, 0.05) is 12.0 Å². The molecule has 35 heavy (non-hydrogen) atoms. The van der Waals surface area contributed by atoms with Gasteiger partial charge in [0.15, 0.2) is 6.61 Å². The van der Waals surface area contributed by atoms with Gasteiger partial charge in [0.05, 0.1) is 12.5 Å². The van der Waals surface area contributed by atoms with Crippen molar-refractivity contribution in [3.05, 3.63) is 96.3 Å². The molecule has 0 spiro atoms. The van der Waals surface area contributed by atoms with Crippen LogP contribution in [-0.2, 0) is 14.3 Å². The largest absolute Gasteiger partial charge is 0.467 e. The molecule has 0 saturated carbocycles. The van der Waals surface area contributed by atoms with Gasteiger partial charge in [-0.05, 0) is 47.2 Å². The molecule has 5 rings (SSSR count). The van der Waals surface area contributed by atoms with Crippen molar-refractivity contribution in [2.75, 3.05) is 13.2 Å². The van der Waals surface area contributed by atoms with E-state index in [4.69, 9.17) is 13.6 Å². The fraction of sp³-hybridized carbons (Fsp3) is 0.154. The highest BCUT2D eigenvalue weighted by molar-refractivity contribution is 6.01. The Labute approximate surface area is 200 Å². The Hall–Kier alpha value is -4.66. The van der Waals surface area contributed by atoms with Gasteiger partial charge in [-0.3, -0.25) is 14.4 Å². The van der Waals surface area contributed by atoms with E-state index in [0.29, 0.717) is 29.2 Å². The first-order valence-electron chi connectivity index (χ1n) is 11.0. The lowest BCUT2D eigenvalue weighted by Gasteiger charge is -2.19. The fourth-order valence-electron chi connectivity index (χ4n) is 3.88. The predicted molar refractivity (Wildman–Crippen MR) is 125 cm³/mol. The minimum atomic E-state index is -0.739. The monoisotopic (exact) mass is 471 g/mol. The number of nitrogens with one attached hydrogen (secondary N) is 1. The van der Waals surface area contributed by atoms with E-state index < -0.39 is 30.4 Å². The van der Waals surface area contributed by atoms with E-state index in [2.05, 4.69) is 10.4 Å². The zero-order valence-corrected chi connectivity index (χ0v) is 18.5. The number of furan rings is 2. The number of carbonyl (C=O) groups excluding carboxylic acids is 3. The quantitative estimate of drug-likeness (QED) is 0.411. The lowest BCUT2D eigenvalue weighted by atomic mass is 10.1. The lowest BCUT2D eigenvalue weighted by Crippen LogP contribution is -2.34. The summed E-state index contributed by atoms with van der Waals surface area (Å²) in [5, 5.41) is 10.0. The molecule has 2 aromatic carbocycles. The molecule has 2 amide bonds. The van der Waals surface area contributed by atoms with Crippen LogP contribution in [0, 0.1) is 0 Å². The van der Waals surface area contributed by atoms with Crippen molar-refractivity contribution in [3.8, 4) is 0 Å². The Kier molecular flexibility index (Phi) is 6.13. The van der Waals surface area contributed by atoms with Gasteiger partial charge in [-0.1, -0.05) is 30.3 Å². The summed E-state index contributed by atoms with van der Waals surface area (Å²) in [6, 6.07) is 19.4. The van der Waals surface area contributed by atoms with E-state index >= 15 is 0 Å². The van der Waals surface area contributed by atoms with Crippen molar-refractivity contribution in [1.29, 1.82) is 0 Å². The minimum absolute atomic E-state index is 0.374. The third kappa shape index (κ3) is 4.84. The summed E-state index contributed by atoms with van der Waals surface area (Å²) in [4.78, 5) is 37.5. The SMILES string of the molecule is O=C(CNC(=O)c1ccc2ccccc2c1)OCC(=O)N1N=C(c2ccco2)CC1c1ccco1. The van der Waals surface area contributed by atoms with Crippen LogP contribution >= 0.6 is 0 Å². The van der Waals surface area contributed by atoms with Crippen LogP contribution in [0.5, 0.6) is 0 Å². The third-order valence-electron chi connectivity index (χ3n) is 5.60. The van der Waals surface area contributed by atoms with Crippen LogP contribution in [0.2, 0.25) is 0 Å². The molecule has 1 atom stereocenters. The van der Waals surface area contributed by atoms with E-state index in [9.17, 15) is 14.4 Å². The second kappa shape index (κ2) is 9.68. The maximum Gasteiger partial charge on any atom is 0.325 e. The molecule has 1 N–H and O–H groups in total. The van der Waals surface area contributed by atoms with E-state index in [0.717, 1.165) is 10.8 Å². The molecule has 9 nitrogen and oxygen atoms in total. The van der Waals surface area contributed by atoms with Gasteiger partial charge in [-0.2, -0.15) is 5.10 Å². The topological polar surface area (TPSA) is 114 Å². The van der Waals surface area contributed by atoms with Crippen molar-refractivity contribution in [1.82, 2.24) is 10.3 Å². The number of hydrazone groups is 1. The molecule has 0 fully saturated rings. The summed E-state index contributed by atoms with van der Waals surface area (Å²) < 4.78 is 16.0. The second-order valence-electron chi connectivity index (χ2n) is 7.90. The molecular weight excluding hydrogens is 450 g/mol. The molecule has 0 radical (unpaired) electrons. The molecule has 1 aliphatic rings. The number of hydrogen-bond donors (Lipinski definition) is 1. The molecule has 3 heterocycles. The molecule has 1 aliphatic heterocycles. The smallest absolute Gasteiger partial charge is 0.325 e. The van der Waals surface area contributed by atoms with Crippen LogP contribution in [-0.4, -0.2) is 41.7 Å². The molecule has 0 aliphatic carbocycles. The third-order valence-corrected chi connectivity index (χ3v) is 5.60. The van der Waals surface area contributed by atoms with Crippen LogP contribution < -0.4 is 5.32 Å². The van der Waals surface area contributed by atoms with E-state index in [-0.39, 0.29) is 6.54 Å². The van der Waals surface area contributed by atoms with Crippen LogP contribution in [0.1, 0.15) is 34.3 Å². The Morgan fingerprint density at radius 1 is 0.971 bits per heavy atom. The normalized spacial score (nSPS) is 15.1. The highest BCUT2D eigenvalue weighted by Crippen LogP contribution is 2.33. The number of amides is 2. The van der Waals surface area contributed by atoms with Crippen molar-refractivity contribution in [2.45, 2.75) is 12.5 Å². The van der Waals surface area contributed by atoms with E-state index in [1.54, 1.807) is 36.4 Å². The lowest BCUT2D eigenvalue weighted by molar-refractivity contribution is -0.152. The van der Waals surface area contributed by atoms with Crippen molar-refractivity contribution in [2.24, 2.45) is 5.10 Å². The van der Waals surface area contributed by atoms with Gasteiger partial charge in [0.25, 0.3) is 11.8 Å². The maximum atomic E-state index is 12.8. The molecule has 176 valence electrons. The highest BCUT2D eigenvalue weighted by atomic mass is 16.5. The van der Waals surface area contributed by atoms with Gasteiger partial charge in [-0.25, -0.2) is 5.01 Å². The summed E-state index contributed by atoms with van der Waals surface area (Å²) in [5.74, 6) is -0.578. The summed E-state index contributed by atoms with van der Waals surface area (Å²) in [7, 11) is 0. The number of carbonyl (C=O) groups is 3. The Morgan fingerprint density at radius 3 is 2.54 bits per heavy atom. The minimum Gasteiger partial charge on any atom is -0.467 e. The first-order valence-corrected chi connectivity index (χ1v) is 11.0. The zero-order chi connectivity index (χ0) is 24.2. The molecule has 0 bridgehead atoms. The number of benzene rings is 2. The van der Waals surface area contributed by atoms with Gasteiger partial charge in [-0.15, -0.1) is 0 Å². The van der Waals surface area contributed by atoms with Crippen LogP contribution in [0.25, 0.3) is 10.8 Å². The van der Waals surface area contributed by atoms with E-state index in [1.807, 2.05) is 30.3 Å². The number of ether oxygens (including phenoxy) is 1. The number of fused-ring (bicyclic) bond motifs is 1. The molecule has 4 aromatic rings. The molecular formula is C26H21N3O6.